The summed E-state index contributed by atoms with van der Waals surface area (Å²) in [5.41, 5.74) is 0. The van der Waals surface area contributed by atoms with Crippen LogP contribution < -0.4 is 15.4 Å². The number of nitrogens with one attached hydrogen (secondary N) is 2. The number of rotatable bonds is 9. The van der Waals surface area contributed by atoms with E-state index in [9.17, 15) is 8.42 Å². The van der Waals surface area contributed by atoms with E-state index >= 15 is 0 Å². The van der Waals surface area contributed by atoms with E-state index in [-0.39, 0.29) is 11.5 Å². The van der Waals surface area contributed by atoms with Gasteiger partial charge in [-0.3, -0.25) is 9.89 Å². The first-order valence-electron chi connectivity index (χ1n) is 10.6. The monoisotopic (exact) mass is 432 g/mol. The molecule has 0 bridgehead atoms. The van der Waals surface area contributed by atoms with E-state index in [1.54, 1.807) is 0 Å². The molecule has 0 amide bonds. The van der Waals surface area contributed by atoms with Gasteiger partial charge in [-0.1, -0.05) is 30.3 Å². The summed E-state index contributed by atoms with van der Waals surface area (Å²) in [5.74, 6) is 2.19. The predicted molar refractivity (Wildman–Crippen MR) is 123 cm³/mol. The van der Waals surface area contributed by atoms with Crippen molar-refractivity contribution in [1.29, 1.82) is 0 Å². The second kappa shape index (κ2) is 11.2. The number of ether oxygens (including phenoxy) is 1. The maximum Gasteiger partial charge on any atom is 0.191 e. The summed E-state index contributed by atoms with van der Waals surface area (Å²) >= 11 is 0. The first kappa shape index (κ1) is 22.4. The van der Waals surface area contributed by atoms with Crippen LogP contribution in [0.4, 0.5) is 0 Å². The third kappa shape index (κ3) is 7.18. The Morgan fingerprint density at radius 2 is 1.87 bits per heavy atom. The minimum atomic E-state index is -2.82. The van der Waals surface area contributed by atoms with Crippen molar-refractivity contribution in [3.05, 3.63) is 42.5 Å². The van der Waals surface area contributed by atoms with Crippen molar-refractivity contribution >= 4 is 26.6 Å². The Bertz CT molecular complexity index is 932. The van der Waals surface area contributed by atoms with Crippen LogP contribution in [0.1, 0.15) is 13.3 Å². The molecule has 0 aliphatic carbocycles. The molecule has 2 aromatic carbocycles. The van der Waals surface area contributed by atoms with Crippen LogP contribution in [0.25, 0.3) is 10.8 Å². The van der Waals surface area contributed by atoms with Crippen molar-refractivity contribution < 1.29 is 13.2 Å². The van der Waals surface area contributed by atoms with Gasteiger partial charge in [-0.25, -0.2) is 8.42 Å². The average Bonchev–Trinajstić information content (AvgIpc) is 2.74. The molecule has 0 unspecified atom stereocenters. The number of fused-ring (bicyclic) bond motifs is 1. The van der Waals surface area contributed by atoms with Gasteiger partial charge in [0.25, 0.3) is 0 Å². The summed E-state index contributed by atoms with van der Waals surface area (Å²) in [6.07, 6.45) is 0.827. The molecular formula is C22H32N4O3S. The van der Waals surface area contributed by atoms with Crippen LogP contribution in [0.3, 0.4) is 0 Å². The van der Waals surface area contributed by atoms with Crippen LogP contribution in [-0.2, 0) is 9.84 Å². The van der Waals surface area contributed by atoms with Gasteiger partial charge in [0.15, 0.2) is 15.8 Å². The second-order valence-corrected chi connectivity index (χ2v) is 9.70. The minimum absolute atomic E-state index is 0.262. The molecule has 0 saturated carbocycles. The SMILES string of the molecule is CCNC(=NCCCOc1ccc2ccccc2c1)NCCN1CCS(=O)(=O)CC1. The molecule has 8 heteroatoms. The fraction of sp³-hybridized carbons (Fsp3) is 0.500. The van der Waals surface area contributed by atoms with E-state index in [0.717, 1.165) is 37.8 Å². The number of hydrogen-bond donors (Lipinski definition) is 2. The first-order valence-corrected chi connectivity index (χ1v) is 12.4. The van der Waals surface area contributed by atoms with Gasteiger partial charge in [0, 0.05) is 45.7 Å². The highest BCUT2D eigenvalue weighted by atomic mass is 32.2. The molecule has 0 aromatic heterocycles. The van der Waals surface area contributed by atoms with Crippen LogP contribution in [0.15, 0.2) is 47.5 Å². The molecule has 7 nitrogen and oxygen atoms in total. The zero-order valence-corrected chi connectivity index (χ0v) is 18.5. The number of hydrogen-bond acceptors (Lipinski definition) is 5. The van der Waals surface area contributed by atoms with Gasteiger partial charge in [0.1, 0.15) is 5.75 Å². The Labute approximate surface area is 179 Å². The Kier molecular flexibility index (Phi) is 8.33. The fourth-order valence-corrected chi connectivity index (χ4v) is 4.63. The van der Waals surface area contributed by atoms with Crippen LogP contribution in [0, 0.1) is 0 Å². The molecule has 0 atom stereocenters. The van der Waals surface area contributed by atoms with Gasteiger partial charge in [-0.15, -0.1) is 0 Å². The molecule has 1 fully saturated rings. The van der Waals surface area contributed by atoms with Gasteiger partial charge in [-0.05, 0) is 29.8 Å². The molecule has 2 aromatic rings. The maximum atomic E-state index is 11.5. The zero-order chi connectivity index (χ0) is 21.2. The molecule has 0 radical (unpaired) electrons. The van der Waals surface area contributed by atoms with Gasteiger partial charge >= 0.3 is 0 Å². The fourth-order valence-electron chi connectivity index (χ4n) is 3.35. The molecule has 30 heavy (non-hydrogen) atoms. The lowest BCUT2D eigenvalue weighted by molar-refractivity contribution is 0.299. The second-order valence-electron chi connectivity index (χ2n) is 7.39. The lowest BCUT2D eigenvalue weighted by atomic mass is 10.1. The molecule has 2 N–H and O–H groups in total. The van der Waals surface area contributed by atoms with E-state index in [0.29, 0.717) is 26.2 Å². The summed E-state index contributed by atoms with van der Waals surface area (Å²) < 4.78 is 28.9. The first-order chi connectivity index (χ1) is 14.6. The van der Waals surface area contributed by atoms with Crippen molar-refractivity contribution in [3.8, 4) is 5.75 Å². The lowest BCUT2D eigenvalue weighted by Gasteiger charge is -2.26. The molecular weight excluding hydrogens is 400 g/mol. The normalized spacial score (nSPS) is 17.0. The highest BCUT2D eigenvalue weighted by molar-refractivity contribution is 7.91. The van der Waals surface area contributed by atoms with Crippen molar-refractivity contribution in [2.75, 3.05) is 57.4 Å². The van der Waals surface area contributed by atoms with E-state index < -0.39 is 9.84 Å². The summed E-state index contributed by atoms with van der Waals surface area (Å²) in [7, 11) is -2.82. The quantitative estimate of drug-likeness (QED) is 0.358. The molecule has 3 rings (SSSR count). The van der Waals surface area contributed by atoms with E-state index in [1.165, 1.54) is 10.8 Å². The van der Waals surface area contributed by atoms with Gasteiger partial charge in [0.05, 0.1) is 18.1 Å². The zero-order valence-electron chi connectivity index (χ0n) is 17.6. The standard InChI is InChI=1S/C22H32N4O3S/c1-2-23-22(25-11-12-26-13-16-30(27,28)17-14-26)24-10-5-15-29-21-9-8-19-6-3-4-7-20(19)18-21/h3-4,6-9,18H,2,5,10-17H2,1H3,(H2,23,24,25). The third-order valence-corrected chi connectivity index (χ3v) is 6.67. The highest BCUT2D eigenvalue weighted by Gasteiger charge is 2.20. The molecule has 1 aliphatic rings. The third-order valence-electron chi connectivity index (χ3n) is 5.06. The topological polar surface area (TPSA) is 83.0 Å². The molecule has 1 saturated heterocycles. The maximum absolute atomic E-state index is 11.5. The molecule has 0 spiro atoms. The Hall–Kier alpha value is -2.32. The van der Waals surface area contributed by atoms with Gasteiger partial charge < -0.3 is 15.4 Å². The molecule has 1 aliphatic heterocycles. The van der Waals surface area contributed by atoms with Crippen LogP contribution in [0.5, 0.6) is 5.75 Å². The summed E-state index contributed by atoms with van der Waals surface area (Å²) in [6.45, 7) is 6.89. The smallest absolute Gasteiger partial charge is 0.191 e. The molecule has 1 heterocycles. The summed E-state index contributed by atoms with van der Waals surface area (Å²) in [5, 5.41) is 8.96. The van der Waals surface area contributed by atoms with E-state index in [1.807, 2.05) is 25.1 Å². The number of nitrogens with zero attached hydrogens (tertiary/aromatic N) is 2. The minimum Gasteiger partial charge on any atom is -0.494 e. The Morgan fingerprint density at radius 3 is 2.63 bits per heavy atom. The van der Waals surface area contributed by atoms with Crippen molar-refractivity contribution in [2.24, 2.45) is 4.99 Å². The Balaban J connectivity index is 1.36. The van der Waals surface area contributed by atoms with Crippen LogP contribution >= 0.6 is 0 Å². The number of sulfone groups is 1. The lowest BCUT2D eigenvalue weighted by Crippen LogP contribution is -2.46. The largest absolute Gasteiger partial charge is 0.494 e. The summed E-state index contributed by atoms with van der Waals surface area (Å²) in [6, 6.07) is 14.4. The van der Waals surface area contributed by atoms with Crippen LogP contribution in [0.2, 0.25) is 0 Å². The van der Waals surface area contributed by atoms with Gasteiger partial charge in [0.2, 0.25) is 0 Å². The Morgan fingerprint density at radius 1 is 1.10 bits per heavy atom. The molecule has 164 valence electrons. The van der Waals surface area contributed by atoms with Crippen molar-refractivity contribution in [1.82, 2.24) is 15.5 Å². The number of aliphatic imine (C=N–C) groups is 1. The predicted octanol–water partition coefficient (Wildman–Crippen LogP) is 1.89. The van der Waals surface area contributed by atoms with Crippen molar-refractivity contribution in [3.63, 3.8) is 0 Å². The number of benzene rings is 2. The van der Waals surface area contributed by atoms with E-state index in [2.05, 4.69) is 44.8 Å². The van der Waals surface area contributed by atoms with Gasteiger partial charge in [-0.2, -0.15) is 0 Å². The number of guanidine groups is 1. The van der Waals surface area contributed by atoms with Crippen LogP contribution in [-0.4, -0.2) is 76.7 Å². The van der Waals surface area contributed by atoms with E-state index in [4.69, 9.17) is 4.74 Å². The van der Waals surface area contributed by atoms with Crippen molar-refractivity contribution in [2.45, 2.75) is 13.3 Å². The summed E-state index contributed by atoms with van der Waals surface area (Å²) in [4.78, 5) is 6.78. The average molecular weight is 433 g/mol. The highest BCUT2D eigenvalue weighted by Crippen LogP contribution is 2.20.